The Morgan fingerprint density at radius 1 is 1.16 bits per heavy atom. The third kappa shape index (κ3) is 5.07. The van der Waals surface area contributed by atoms with Crippen molar-refractivity contribution in [3.05, 3.63) is 82.2 Å². The molecule has 0 saturated carbocycles. The van der Waals surface area contributed by atoms with Gasteiger partial charge < -0.3 is 14.6 Å². The molecule has 31 heavy (non-hydrogen) atoms. The predicted molar refractivity (Wildman–Crippen MR) is 119 cm³/mol. The van der Waals surface area contributed by atoms with Gasteiger partial charge in [0.1, 0.15) is 5.75 Å². The zero-order valence-corrected chi connectivity index (χ0v) is 18.0. The van der Waals surface area contributed by atoms with Crippen LogP contribution in [0.5, 0.6) is 5.75 Å². The van der Waals surface area contributed by atoms with Crippen LogP contribution in [0.1, 0.15) is 23.0 Å². The van der Waals surface area contributed by atoms with E-state index in [1.165, 1.54) is 17.8 Å². The number of ether oxygens (including phenoxy) is 1. The number of hydrogen-bond donors (Lipinski definition) is 1. The fourth-order valence-electron chi connectivity index (χ4n) is 2.85. The Bertz CT molecular complexity index is 1200. The van der Waals surface area contributed by atoms with Gasteiger partial charge in [0, 0.05) is 16.7 Å². The van der Waals surface area contributed by atoms with Gasteiger partial charge in [-0.25, -0.2) is 4.68 Å². The number of aryl methyl sites for hydroxylation is 1. The van der Waals surface area contributed by atoms with Crippen LogP contribution in [-0.2, 0) is 13.2 Å². The first-order valence-electron chi connectivity index (χ1n) is 9.49. The molecule has 0 aliphatic heterocycles. The normalized spacial score (nSPS) is 10.8. The van der Waals surface area contributed by atoms with Gasteiger partial charge in [-0.3, -0.25) is 4.79 Å². The van der Waals surface area contributed by atoms with Crippen LogP contribution in [0.15, 0.2) is 65.4 Å². The maximum absolute atomic E-state index is 12.5. The number of halogens is 2. The summed E-state index contributed by atoms with van der Waals surface area (Å²) < 4.78 is 12.5. The van der Waals surface area contributed by atoms with Crippen LogP contribution in [0.2, 0.25) is 10.0 Å². The molecule has 4 rings (SSSR count). The van der Waals surface area contributed by atoms with Gasteiger partial charge in [-0.1, -0.05) is 47.4 Å². The minimum Gasteiger partial charge on any atom is -0.471 e. The third-order valence-electron chi connectivity index (χ3n) is 4.53. The monoisotopic (exact) mass is 456 g/mol. The van der Waals surface area contributed by atoms with Crippen LogP contribution in [0.3, 0.4) is 0 Å². The van der Waals surface area contributed by atoms with E-state index in [4.69, 9.17) is 32.5 Å². The maximum atomic E-state index is 12.5. The molecule has 0 unspecified atom stereocenters. The Labute approximate surface area is 188 Å². The van der Waals surface area contributed by atoms with Crippen LogP contribution in [0, 0.1) is 0 Å². The van der Waals surface area contributed by atoms with Gasteiger partial charge in [0.05, 0.1) is 23.1 Å². The molecule has 2 heterocycles. The summed E-state index contributed by atoms with van der Waals surface area (Å²) in [6.07, 6.45) is 4.16. The molecule has 0 spiro atoms. The molecule has 0 fully saturated rings. The highest BCUT2D eigenvalue weighted by Crippen LogP contribution is 2.30. The molecule has 0 atom stereocenters. The zero-order valence-electron chi connectivity index (χ0n) is 16.5. The Morgan fingerprint density at radius 2 is 1.97 bits per heavy atom. The number of nitrogens with zero attached hydrogens (tertiary/aromatic N) is 3. The second kappa shape index (κ2) is 9.24. The standard InChI is InChI=1S/C22H18Cl2N4O3/c1-2-14-3-6-17(7-4-14)30-13-28-12-16(11-25-28)26-22(29)20-10-21(31-27-20)18-8-5-15(23)9-19(18)24/h3-12H,2,13H2,1H3,(H,26,29). The molecule has 1 N–H and O–H groups in total. The molecular formula is C22H18Cl2N4O3. The van der Waals surface area contributed by atoms with E-state index < -0.39 is 5.91 Å². The van der Waals surface area contributed by atoms with Crippen LogP contribution in [-0.4, -0.2) is 20.8 Å². The SMILES string of the molecule is CCc1ccc(OCn2cc(NC(=O)c3cc(-c4ccc(Cl)cc4Cl)on3)cn2)cc1. The van der Waals surface area contributed by atoms with E-state index in [1.54, 1.807) is 29.1 Å². The summed E-state index contributed by atoms with van der Waals surface area (Å²) in [4.78, 5) is 12.5. The van der Waals surface area contributed by atoms with Crippen LogP contribution in [0.25, 0.3) is 11.3 Å². The molecule has 4 aromatic rings. The number of amides is 1. The number of aromatic nitrogens is 3. The summed E-state index contributed by atoms with van der Waals surface area (Å²) in [5.74, 6) is 0.676. The molecule has 7 nitrogen and oxygen atoms in total. The van der Waals surface area contributed by atoms with Crippen molar-refractivity contribution in [3.63, 3.8) is 0 Å². The van der Waals surface area contributed by atoms with Crippen molar-refractivity contribution in [2.45, 2.75) is 20.1 Å². The summed E-state index contributed by atoms with van der Waals surface area (Å²) >= 11 is 12.1. The average molecular weight is 457 g/mol. The molecule has 0 saturated heterocycles. The van der Waals surface area contributed by atoms with E-state index in [-0.39, 0.29) is 12.4 Å². The molecule has 158 valence electrons. The van der Waals surface area contributed by atoms with Gasteiger partial charge in [0.25, 0.3) is 5.91 Å². The minimum absolute atomic E-state index is 0.112. The Hall–Kier alpha value is -3.29. The van der Waals surface area contributed by atoms with E-state index in [2.05, 4.69) is 22.5 Å². The largest absolute Gasteiger partial charge is 0.471 e. The number of rotatable bonds is 7. The summed E-state index contributed by atoms with van der Waals surface area (Å²) in [6.45, 7) is 2.31. The highest BCUT2D eigenvalue weighted by Gasteiger charge is 2.16. The number of carbonyl (C=O) groups excluding carboxylic acids is 1. The summed E-state index contributed by atoms with van der Waals surface area (Å²) in [6, 6.07) is 14.4. The number of hydrogen-bond acceptors (Lipinski definition) is 5. The van der Waals surface area contributed by atoms with Crippen molar-refractivity contribution in [3.8, 4) is 17.1 Å². The molecule has 0 bridgehead atoms. The second-order valence-corrected chi connectivity index (χ2v) is 7.54. The number of anilines is 1. The molecule has 0 aliphatic rings. The van der Waals surface area contributed by atoms with Crippen LogP contribution < -0.4 is 10.1 Å². The van der Waals surface area contributed by atoms with E-state index in [1.807, 2.05) is 24.3 Å². The van der Waals surface area contributed by atoms with Crippen molar-refractivity contribution >= 4 is 34.8 Å². The number of benzene rings is 2. The zero-order chi connectivity index (χ0) is 21.8. The lowest BCUT2D eigenvalue weighted by molar-refractivity contribution is 0.101. The Kier molecular flexibility index (Phi) is 6.25. The first-order chi connectivity index (χ1) is 15.0. The highest BCUT2D eigenvalue weighted by molar-refractivity contribution is 6.36. The lowest BCUT2D eigenvalue weighted by Crippen LogP contribution is -2.11. The lowest BCUT2D eigenvalue weighted by Gasteiger charge is -2.06. The third-order valence-corrected chi connectivity index (χ3v) is 5.07. The van der Waals surface area contributed by atoms with E-state index in [0.717, 1.165) is 12.2 Å². The second-order valence-electron chi connectivity index (χ2n) is 6.69. The minimum atomic E-state index is -0.435. The molecule has 9 heteroatoms. The van der Waals surface area contributed by atoms with Crippen LogP contribution >= 0.6 is 23.2 Å². The lowest BCUT2D eigenvalue weighted by atomic mass is 10.1. The van der Waals surface area contributed by atoms with Crippen molar-refractivity contribution in [1.82, 2.24) is 14.9 Å². The topological polar surface area (TPSA) is 82.2 Å². The molecule has 1 amide bonds. The summed E-state index contributed by atoms with van der Waals surface area (Å²) in [5, 5.41) is 11.6. The predicted octanol–water partition coefficient (Wildman–Crippen LogP) is 5.70. The van der Waals surface area contributed by atoms with Crippen molar-refractivity contribution < 1.29 is 14.1 Å². The molecule has 0 aliphatic carbocycles. The van der Waals surface area contributed by atoms with E-state index in [0.29, 0.717) is 27.1 Å². The smallest absolute Gasteiger partial charge is 0.277 e. The van der Waals surface area contributed by atoms with E-state index in [9.17, 15) is 4.79 Å². The van der Waals surface area contributed by atoms with Gasteiger partial charge in [0.15, 0.2) is 18.2 Å². The van der Waals surface area contributed by atoms with Crippen molar-refractivity contribution in [2.24, 2.45) is 0 Å². The first kappa shape index (κ1) is 21.0. The highest BCUT2D eigenvalue weighted by atomic mass is 35.5. The van der Waals surface area contributed by atoms with E-state index >= 15 is 0 Å². The molecular weight excluding hydrogens is 439 g/mol. The van der Waals surface area contributed by atoms with Crippen molar-refractivity contribution in [1.29, 1.82) is 0 Å². The summed E-state index contributed by atoms with van der Waals surface area (Å²) in [7, 11) is 0. The van der Waals surface area contributed by atoms with Gasteiger partial charge in [-0.05, 0) is 42.3 Å². The van der Waals surface area contributed by atoms with Gasteiger partial charge in [-0.2, -0.15) is 5.10 Å². The fraction of sp³-hybridized carbons (Fsp3) is 0.136. The van der Waals surface area contributed by atoms with Crippen LogP contribution in [0.4, 0.5) is 5.69 Å². The van der Waals surface area contributed by atoms with Crippen molar-refractivity contribution in [2.75, 3.05) is 5.32 Å². The first-order valence-corrected chi connectivity index (χ1v) is 10.2. The van der Waals surface area contributed by atoms with Gasteiger partial charge in [0.2, 0.25) is 0 Å². The molecule has 0 radical (unpaired) electrons. The van der Waals surface area contributed by atoms with Gasteiger partial charge in [-0.15, -0.1) is 0 Å². The summed E-state index contributed by atoms with van der Waals surface area (Å²) in [5.41, 5.74) is 2.45. The number of carbonyl (C=O) groups is 1. The number of nitrogens with one attached hydrogen (secondary N) is 1. The quantitative estimate of drug-likeness (QED) is 0.385. The molecule has 2 aromatic carbocycles. The molecule has 2 aromatic heterocycles. The van der Waals surface area contributed by atoms with Gasteiger partial charge >= 0.3 is 0 Å². The average Bonchev–Trinajstić information content (AvgIpc) is 3.42. The maximum Gasteiger partial charge on any atom is 0.277 e. The Morgan fingerprint density at radius 3 is 2.71 bits per heavy atom. The fourth-order valence-corrected chi connectivity index (χ4v) is 3.36. The Balaban J connectivity index is 1.37.